The van der Waals surface area contributed by atoms with Crippen LogP contribution in [-0.2, 0) is 10.8 Å². The van der Waals surface area contributed by atoms with Crippen molar-refractivity contribution in [1.29, 1.82) is 0 Å². The Morgan fingerprint density at radius 2 is 1.12 bits per heavy atom. The van der Waals surface area contributed by atoms with Gasteiger partial charge in [0.05, 0.1) is 5.56 Å². The number of phenolic OH excluding ortho intramolecular Hbond substituents is 1. The summed E-state index contributed by atoms with van der Waals surface area (Å²) in [6.07, 6.45) is 6.08. The molecule has 0 aliphatic heterocycles. The molecule has 1 nitrogen and oxygen atoms in total. The van der Waals surface area contributed by atoms with Crippen LogP contribution < -0.4 is 0 Å². The molecule has 1 aliphatic rings. The molecule has 3 rings (SSSR count). The van der Waals surface area contributed by atoms with Gasteiger partial charge in [-0.05, 0) is 46.4 Å². The van der Waals surface area contributed by atoms with E-state index in [4.69, 9.17) is 0 Å². The molecule has 32 heavy (non-hydrogen) atoms. The summed E-state index contributed by atoms with van der Waals surface area (Å²) in [6, 6.07) is 0. The summed E-state index contributed by atoms with van der Waals surface area (Å²) in [5.74, 6) is -10.3. The first-order valence-electron chi connectivity index (χ1n) is 10.4. The van der Waals surface area contributed by atoms with Gasteiger partial charge in [-0.2, -0.15) is 0 Å². The summed E-state index contributed by atoms with van der Waals surface area (Å²) < 4.78 is 72.1. The number of hydrogen-bond acceptors (Lipinski definition) is 1. The minimum atomic E-state index is -2.21. The lowest BCUT2D eigenvalue weighted by atomic mass is 9.70. The van der Waals surface area contributed by atoms with Gasteiger partial charge in [-0.15, -0.1) is 0 Å². The molecule has 6 heteroatoms. The Morgan fingerprint density at radius 1 is 0.688 bits per heavy atom. The van der Waals surface area contributed by atoms with Crippen molar-refractivity contribution >= 4 is 5.57 Å². The average molecular weight is 450 g/mol. The van der Waals surface area contributed by atoms with Gasteiger partial charge >= 0.3 is 0 Å². The van der Waals surface area contributed by atoms with Gasteiger partial charge in [0.25, 0.3) is 0 Å². The molecule has 2 aromatic carbocycles. The van der Waals surface area contributed by atoms with Gasteiger partial charge in [-0.1, -0.05) is 59.8 Å². The topological polar surface area (TPSA) is 20.2 Å². The maximum atomic E-state index is 15.0. The number of aromatic hydroxyl groups is 1. The third-order valence-corrected chi connectivity index (χ3v) is 5.78. The summed E-state index contributed by atoms with van der Waals surface area (Å²) in [5, 5.41) is 11.5. The first-order chi connectivity index (χ1) is 14.6. The zero-order chi connectivity index (χ0) is 24.3. The Hall–Kier alpha value is -2.63. The molecule has 2 aromatic rings. The van der Waals surface area contributed by atoms with Crippen LogP contribution in [-0.4, -0.2) is 5.11 Å². The van der Waals surface area contributed by atoms with Gasteiger partial charge in [0.2, 0.25) is 5.82 Å². The molecular formula is C26H27F5O. The van der Waals surface area contributed by atoms with Crippen molar-refractivity contribution in [1.82, 2.24) is 0 Å². The first-order valence-corrected chi connectivity index (χ1v) is 10.4. The van der Waals surface area contributed by atoms with Crippen LogP contribution in [0.2, 0.25) is 0 Å². The van der Waals surface area contributed by atoms with Crippen LogP contribution in [0.15, 0.2) is 18.2 Å². The van der Waals surface area contributed by atoms with Crippen molar-refractivity contribution in [3.05, 3.63) is 69.6 Å². The molecule has 0 aromatic heterocycles. The van der Waals surface area contributed by atoms with E-state index >= 15 is 0 Å². The summed E-state index contributed by atoms with van der Waals surface area (Å²) >= 11 is 0. The Morgan fingerprint density at radius 3 is 1.53 bits per heavy atom. The number of hydrogen-bond donors (Lipinski definition) is 1. The second-order valence-corrected chi connectivity index (χ2v) is 10.2. The molecule has 1 aliphatic carbocycles. The lowest BCUT2D eigenvalue weighted by molar-refractivity contribution is 0.380. The number of rotatable bonds is 2. The van der Waals surface area contributed by atoms with Crippen molar-refractivity contribution in [3.8, 4) is 16.9 Å². The molecule has 172 valence electrons. The molecular weight excluding hydrogens is 423 g/mol. The molecule has 0 saturated carbocycles. The second-order valence-electron chi connectivity index (χ2n) is 10.2. The molecule has 0 heterocycles. The normalized spacial score (nSPS) is 14.3. The number of allylic oxidation sites excluding steroid dienone is 4. The highest BCUT2D eigenvalue weighted by molar-refractivity contribution is 5.87. The highest BCUT2D eigenvalue weighted by Gasteiger charge is 2.37. The SMILES string of the molecule is Cc1c(C2=CC=CC2)c(C(C)(C)C)c(O)c(C(C)(C)C)c1-c1c(F)c(F)c(F)c(F)c1F. The van der Waals surface area contributed by atoms with Gasteiger partial charge in [0.15, 0.2) is 23.3 Å². The van der Waals surface area contributed by atoms with Crippen molar-refractivity contribution in [3.63, 3.8) is 0 Å². The van der Waals surface area contributed by atoms with E-state index in [2.05, 4.69) is 0 Å². The van der Waals surface area contributed by atoms with Crippen molar-refractivity contribution in [2.45, 2.75) is 65.7 Å². The smallest absolute Gasteiger partial charge is 0.200 e. The van der Waals surface area contributed by atoms with E-state index in [0.29, 0.717) is 23.1 Å². The van der Waals surface area contributed by atoms with Gasteiger partial charge < -0.3 is 5.11 Å². The van der Waals surface area contributed by atoms with E-state index in [-0.39, 0.29) is 16.9 Å². The second kappa shape index (κ2) is 7.75. The van der Waals surface area contributed by atoms with E-state index in [0.717, 1.165) is 5.57 Å². The highest BCUT2D eigenvalue weighted by Crippen LogP contribution is 2.52. The maximum absolute atomic E-state index is 15.0. The minimum Gasteiger partial charge on any atom is -0.507 e. The monoisotopic (exact) mass is 450 g/mol. The van der Waals surface area contributed by atoms with Crippen LogP contribution in [0.5, 0.6) is 5.75 Å². The van der Waals surface area contributed by atoms with Crippen LogP contribution in [0, 0.1) is 36.0 Å². The lowest BCUT2D eigenvalue weighted by Crippen LogP contribution is -2.22. The zero-order valence-electron chi connectivity index (χ0n) is 19.3. The lowest BCUT2D eigenvalue weighted by Gasteiger charge is -2.34. The fourth-order valence-electron chi connectivity index (χ4n) is 4.49. The Kier molecular flexibility index (Phi) is 5.82. The standard InChI is InChI=1S/C26H27F5O/c1-12-14(13-10-8-9-11-13)17(25(2,3)4)24(32)18(26(5,6)7)15(12)16-19(27)21(29)23(31)22(30)20(16)28/h8-10,32H,11H2,1-7H3. The predicted octanol–water partition coefficient (Wildman–Crippen LogP) is 8.00. The van der Waals surface area contributed by atoms with Gasteiger partial charge in [-0.25, -0.2) is 22.0 Å². The largest absolute Gasteiger partial charge is 0.507 e. The Bertz CT molecular complexity index is 1150. The quantitative estimate of drug-likeness (QED) is 0.279. The van der Waals surface area contributed by atoms with Crippen LogP contribution in [0.4, 0.5) is 22.0 Å². The Balaban J connectivity index is 2.65. The van der Waals surface area contributed by atoms with Gasteiger partial charge in [-0.3, -0.25) is 0 Å². The first kappa shape index (κ1) is 24.0. The molecule has 0 radical (unpaired) electrons. The number of benzene rings is 2. The average Bonchev–Trinajstić information content (AvgIpc) is 3.19. The van der Waals surface area contributed by atoms with E-state index in [1.54, 1.807) is 27.7 Å². The summed E-state index contributed by atoms with van der Waals surface area (Å²) in [6.45, 7) is 12.5. The summed E-state index contributed by atoms with van der Waals surface area (Å²) in [4.78, 5) is 0. The summed E-state index contributed by atoms with van der Waals surface area (Å²) in [5.41, 5.74) is -0.198. The third kappa shape index (κ3) is 3.63. The van der Waals surface area contributed by atoms with E-state index in [1.165, 1.54) is 0 Å². The Labute approximate surface area is 185 Å². The number of phenols is 1. The van der Waals surface area contributed by atoms with Gasteiger partial charge in [0.1, 0.15) is 5.75 Å². The fraction of sp³-hybridized carbons (Fsp3) is 0.385. The van der Waals surface area contributed by atoms with Crippen molar-refractivity contribution in [2.75, 3.05) is 0 Å². The molecule has 0 spiro atoms. The van der Waals surface area contributed by atoms with Crippen LogP contribution >= 0.6 is 0 Å². The molecule has 0 amide bonds. The number of halogens is 5. The molecule has 0 bridgehead atoms. The molecule has 1 N–H and O–H groups in total. The van der Waals surface area contributed by atoms with E-state index in [9.17, 15) is 27.1 Å². The maximum Gasteiger partial charge on any atom is 0.200 e. The van der Waals surface area contributed by atoms with Crippen LogP contribution in [0.3, 0.4) is 0 Å². The highest BCUT2D eigenvalue weighted by atomic mass is 19.2. The molecule has 0 unspecified atom stereocenters. The van der Waals surface area contributed by atoms with Crippen LogP contribution in [0.1, 0.15) is 70.2 Å². The fourth-order valence-corrected chi connectivity index (χ4v) is 4.49. The van der Waals surface area contributed by atoms with Gasteiger partial charge in [0, 0.05) is 11.1 Å². The predicted molar refractivity (Wildman–Crippen MR) is 117 cm³/mol. The van der Waals surface area contributed by atoms with E-state index < -0.39 is 45.5 Å². The molecule has 0 saturated heterocycles. The van der Waals surface area contributed by atoms with E-state index in [1.807, 2.05) is 39.0 Å². The molecule has 0 fully saturated rings. The van der Waals surface area contributed by atoms with Crippen molar-refractivity contribution < 1.29 is 27.1 Å². The van der Waals surface area contributed by atoms with Crippen molar-refractivity contribution in [2.24, 2.45) is 0 Å². The zero-order valence-corrected chi connectivity index (χ0v) is 19.3. The minimum absolute atomic E-state index is 0.137. The molecule has 0 atom stereocenters. The van der Waals surface area contributed by atoms with Crippen LogP contribution in [0.25, 0.3) is 16.7 Å². The third-order valence-electron chi connectivity index (χ3n) is 5.78. The summed E-state index contributed by atoms with van der Waals surface area (Å²) in [7, 11) is 0.